The number of nitrogens with zero attached hydrogens (tertiary/aromatic N) is 4. The maximum atomic E-state index is 12.4. The third-order valence-electron chi connectivity index (χ3n) is 4.34. The second kappa shape index (κ2) is 6.93. The Labute approximate surface area is 153 Å². The molecule has 8 heteroatoms. The fourth-order valence-electron chi connectivity index (χ4n) is 3.05. The predicted octanol–water partition coefficient (Wildman–Crippen LogP) is 3.19. The Kier molecular flexibility index (Phi) is 4.50. The topological polar surface area (TPSA) is 72.7 Å². The third-order valence-corrected chi connectivity index (χ3v) is 5.68. The van der Waals surface area contributed by atoms with Crippen LogP contribution in [0.15, 0.2) is 36.0 Å². The highest BCUT2D eigenvalue weighted by Gasteiger charge is 2.23. The van der Waals surface area contributed by atoms with Gasteiger partial charge in [0.15, 0.2) is 5.82 Å². The predicted molar refractivity (Wildman–Crippen MR) is 96.8 cm³/mol. The van der Waals surface area contributed by atoms with Crippen LogP contribution < -0.4 is 5.32 Å². The Hall–Kier alpha value is -2.25. The van der Waals surface area contributed by atoms with E-state index in [0.717, 1.165) is 43.0 Å². The average molecular weight is 374 g/mol. The van der Waals surface area contributed by atoms with E-state index >= 15 is 0 Å². The summed E-state index contributed by atoms with van der Waals surface area (Å²) in [5, 5.41) is 14.1. The van der Waals surface area contributed by atoms with Crippen LogP contribution in [-0.2, 0) is 13.0 Å². The van der Waals surface area contributed by atoms with Crippen molar-refractivity contribution in [3.05, 3.63) is 51.7 Å². The van der Waals surface area contributed by atoms with Crippen LogP contribution in [0.1, 0.15) is 28.3 Å². The molecule has 0 spiro atoms. The van der Waals surface area contributed by atoms with Crippen molar-refractivity contribution in [3.8, 4) is 11.4 Å². The molecule has 25 heavy (non-hydrogen) atoms. The number of hydrogen-bond acceptors (Lipinski definition) is 5. The smallest absolute Gasteiger partial charge is 0.263 e. The Morgan fingerprint density at radius 2 is 2.08 bits per heavy atom. The van der Waals surface area contributed by atoms with Gasteiger partial charge in [0, 0.05) is 37.0 Å². The first-order valence-corrected chi connectivity index (χ1v) is 9.34. The zero-order valence-electron chi connectivity index (χ0n) is 13.4. The molecule has 1 aliphatic rings. The summed E-state index contributed by atoms with van der Waals surface area (Å²) in [6, 6.07) is 5.70. The molecule has 6 nitrogen and oxygen atoms in total. The lowest BCUT2D eigenvalue weighted by atomic mass is 10.1. The molecule has 0 saturated heterocycles. The number of hydrogen-bond donors (Lipinski definition) is 1. The SMILES string of the molecule is O=C(NC1CCc2nnc(-c3ccncc3)n2CC1)c1sccc1Cl. The number of thiophene rings is 1. The number of carbonyl (C=O) groups excluding carboxylic acids is 1. The van der Waals surface area contributed by atoms with Gasteiger partial charge in [-0.25, -0.2) is 0 Å². The summed E-state index contributed by atoms with van der Waals surface area (Å²) < 4.78 is 2.14. The van der Waals surface area contributed by atoms with Gasteiger partial charge in [0.1, 0.15) is 10.7 Å². The standard InChI is InChI=1S/C17H16ClN5OS/c18-13-6-10-25-15(13)17(24)20-12-1-2-14-21-22-16(23(14)9-5-12)11-3-7-19-8-4-11/h3-4,6-8,10,12H,1-2,5,9H2,(H,20,24). The van der Waals surface area contributed by atoms with E-state index in [9.17, 15) is 4.79 Å². The normalized spacial score (nSPS) is 16.9. The summed E-state index contributed by atoms with van der Waals surface area (Å²) in [5.74, 6) is 1.71. The first kappa shape index (κ1) is 16.2. The first-order chi connectivity index (χ1) is 12.2. The minimum Gasteiger partial charge on any atom is -0.348 e. The van der Waals surface area contributed by atoms with Crippen LogP contribution in [0.2, 0.25) is 5.02 Å². The lowest BCUT2D eigenvalue weighted by molar-refractivity contribution is 0.0937. The molecule has 1 aliphatic heterocycles. The Morgan fingerprint density at radius 3 is 2.84 bits per heavy atom. The number of halogens is 1. The van der Waals surface area contributed by atoms with E-state index in [0.29, 0.717) is 9.90 Å². The van der Waals surface area contributed by atoms with E-state index in [1.165, 1.54) is 11.3 Å². The van der Waals surface area contributed by atoms with Crippen molar-refractivity contribution in [2.24, 2.45) is 0 Å². The summed E-state index contributed by atoms with van der Waals surface area (Å²) in [5.41, 5.74) is 1.00. The highest BCUT2D eigenvalue weighted by molar-refractivity contribution is 7.12. The minimum absolute atomic E-state index is 0.0951. The highest BCUT2D eigenvalue weighted by atomic mass is 35.5. The van der Waals surface area contributed by atoms with Crippen molar-refractivity contribution in [1.82, 2.24) is 25.1 Å². The van der Waals surface area contributed by atoms with Gasteiger partial charge in [0.2, 0.25) is 0 Å². The zero-order chi connectivity index (χ0) is 17.2. The van der Waals surface area contributed by atoms with Gasteiger partial charge in [-0.15, -0.1) is 21.5 Å². The van der Waals surface area contributed by atoms with Crippen LogP contribution in [0.3, 0.4) is 0 Å². The number of nitrogens with one attached hydrogen (secondary N) is 1. The molecule has 0 aliphatic carbocycles. The number of amides is 1. The molecule has 0 fully saturated rings. The maximum absolute atomic E-state index is 12.4. The van der Waals surface area contributed by atoms with Crippen LogP contribution >= 0.6 is 22.9 Å². The van der Waals surface area contributed by atoms with Gasteiger partial charge in [-0.3, -0.25) is 9.78 Å². The molecule has 1 amide bonds. The first-order valence-electron chi connectivity index (χ1n) is 8.08. The average Bonchev–Trinajstić information content (AvgIpc) is 3.19. The quantitative estimate of drug-likeness (QED) is 0.765. The van der Waals surface area contributed by atoms with Gasteiger partial charge in [0.25, 0.3) is 5.91 Å². The largest absolute Gasteiger partial charge is 0.348 e. The Morgan fingerprint density at radius 1 is 1.24 bits per heavy atom. The summed E-state index contributed by atoms with van der Waals surface area (Å²) in [4.78, 5) is 17.0. The molecular formula is C17H16ClN5OS. The number of carbonyl (C=O) groups is 1. The molecule has 0 aromatic carbocycles. The molecule has 1 N–H and O–H groups in total. The third kappa shape index (κ3) is 3.29. The van der Waals surface area contributed by atoms with Crippen molar-refractivity contribution in [2.75, 3.05) is 0 Å². The molecule has 3 aromatic heterocycles. The lowest BCUT2D eigenvalue weighted by Crippen LogP contribution is -2.34. The maximum Gasteiger partial charge on any atom is 0.263 e. The number of rotatable bonds is 3. The van der Waals surface area contributed by atoms with Crippen molar-refractivity contribution < 1.29 is 4.79 Å². The zero-order valence-corrected chi connectivity index (χ0v) is 14.9. The Balaban J connectivity index is 1.48. The van der Waals surface area contributed by atoms with Gasteiger partial charge in [0.05, 0.1) is 5.02 Å². The summed E-state index contributed by atoms with van der Waals surface area (Å²) >= 11 is 7.41. The van der Waals surface area contributed by atoms with Crippen molar-refractivity contribution in [2.45, 2.75) is 31.8 Å². The van der Waals surface area contributed by atoms with E-state index in [2.05, 4.69) is 25.1 Å². The van der Waals surface area contributed by atoms with Gasteiger partial charge < -0.3 is 9.88 Å². The van der Waals surface area contributed by atoms with E-state index < -0.39 is 0 Å². The number of aromatic nitrogens is 4. The van der Waals surface area contributed by atoms with Crippen molar-refractivity contribution >= 4 is 28.8 Å². The summed E-state index contributed by atoms with van der Waals surface area (Å²) in [6.45, 7) is 0.767. The molecule has 1 unspecified atom stereocenters. The van der Waals surface area contributed by atoms with Crippen molar-refractivity contribution in [1.29, 1.82) is 0 Å². The fourth-order valence-corrected chi connectivity index (χ4v) is 4.10. The van der Waals surface area contributed by atoms with E-state index in [1.807, 2.05) is 17.5 Å². The molecular weight excluding hydrogens is 358 g/mol. The monoisotopic (exact) mass is 373 g/mol. The lowest BCUT2D eigenvalue weighted by Gasteiger charge is -2.15. The van der Waals surface area contributed by atoms with Crippen LogP contribution in [0.5, 0.6) is 0 Å². The van der Waals surface area contributed by atoms with Crippen LogP contribution in [0.4, 0.5) is 0 Å². The van der Waals surface area contributed by atoms with Crippen LogP contribution in [0.25, 0.3) is 11.4 Å². The van der Waals surface area contributed by atoms with Gasteiger partial charge in [-0.05, 0) is 36.4 Å². The second-order valence-electron chi connectivity index (χ2n) is 5.92. The minimum atomic E-state index is -0.1000. The van der Waals surface area contributed by atoms with Gasteiger partial charge >= 0.3 is 0 Å². The molecule has 4 rings (SSSR count). The molecule has 0 radical (unpaired) electrons. The van der Waals surface area contributed by atoms with Gasteiger partial charge in [-0.2, -0.15) is 0 Å². The summed E-state index contributed by atoms with van der Waals surface area (Å²) in [7, 11) is 0. The van der Waals surface area contributed by atoms with Crippen LogP contribution in [-0.4, -0.2) is 31.7 Å². The molecule has 0 saturated carbocycles. The van der Waals surface area contributed by atoms with E-state index in [4.69, 9.17) is 11.6 Å². The number of aryl methyl sites for hydroxylation is 1. The number of fused-ring (bicyclic) bond motifs is 1. The molecule has 3 aromatic rings. The van der Waals surface area contributed by atoms with Crippen LogP contribution in [0, 0.1) is 0 Å². The molecule has 128 valence electrons. The highest BCUT2D eigenvalue weighted by Crippen LogP contribution is 2.24. The second-order valence-corrected chi connectivity index (χ2v) is 7.25. The number of pyridine rings is 1. The van der Waals surface area contributed by atoms with E-state index in [1.54, 1.807) is 18.5 Å². The fraction of sp³-hybridized carbons (Fsp3) is 0.294. The van der Waals surface area contributed by atoms with Crippen molar-refractivity contribution in [3.63, 3.8) is 0 Å². The van der Waals surface area contributed by atoms with Gasteiger partial charge in [-0.1, -0.05) is 11.6 Å². The molecule has 1 atom stereocenters. The molecule has 0 bridgehead atoms. The molecule has 4 heterocycles. The summed E-state index contributed by atoms with van der Waals surface area (Å²) in [6.07, 6.45) is 5.95. The Bertz CT molecular complexity index is 892. The van der Waals surface area contributed by atoms with E-state index in [-0.39, 0.29) is 11.9 Å².